The summed E-state index contributed by atoms with van der Waals surface area (Å²) in [5, 5.41) is 30.5. The molecule has 7 nitrogen and oxygen atoms in total. The molecule has 2 heterocycles. The Balaban J connectivity index is 2.27. The zero-order chi connectivity index (χ0) is 22.3. The highest BCUT2D eigenvalue weighted by atomic mass is 19.4. The number of hydrogen-bond acceptors (Lipinski definition) is 5. The van der Waals surface area contributed by atoms with Gasteiger partial charge >= 0.3 is 12.3 Å². The molecule has 4 N–H and O–H groups in total. The third-order valence-corrected chi connectivity index (χ3v) is 5.01. The molecule has 1 aromatic carbocycles. The largest absolute Gasteiger partial charge is 0.490 e. The molecule has 162 valence electrons. The van der Waals surface area contributed by atoms with E-state index in [0.29, 0.717) is 0 Å². The number of ether oxygens (including phenoxy) is 1. The quantitative estimate of drug-likeness (QED) is 0.543. The highest BCUT2D eigenvalue weighted by Crippen LogP contribution is 2.47. The molecule has 0 spiro atoms. The van der Waals surface area contributed by atoms with Gasteiger partial charge in [0.2, 0.25) is 5.60 Å². The lowest BCUT2D eigenvalue weighted by Gasteiger charge is -2.31. The lowest BCUT2D eigenvalue weighted by Crippen LogP contribution is -2.51. The van der Waals surface area contributed by atoms with Crippen molar-refractivity contribution in [2.24, 2.45) is 0 Å². The highest BCUT2D eigenvalue weighted by Gasteiger charge is 2.57. The maximum absolute atomic E-state index is 13.8. The van der Waals surface area contributed by atoms with Crippen molar-refractivity contribution in [2.45, 2.75) is 24.1 Å². The minimum atomic E-state index is -5.29. The van der Waals surface area contributed by atoms with Gasteiger partial charge in [0.15, 0.2) is 0 Å². The fourth-order valence-corrected chi connectivity index (χ4v) is 3.12. The normalized spacial score (nSPS) is 20.2. The van der Waals surface area contributed by atoms with Crippen LogP contribution < -0.4 is 10.1 Å². The maximum atomic E-state index is 13.8. The van der Waals surface area contributed by atoms with E-state index in [1.54, 1.807) is 6.92 Å². The first-order valence-electron chi connectivity index (χ1n) is 8.73. The zero-order valence-electron chi connectivity index (χ0n) is 15.6. The summed E-state index contributed by atoms with van der Waals surface area (Å²) in [5.41, 5.74) is -5.35. The number of aromatic nitrogens is 1. The van der Waals surface area contributed by atoms with Gasteiger partial charge in [0.1, 0.15) is 23.9 Å². The molecule has 1 aromatic heterocycles. The Morgan fingerprint density at radius 1 is 1.30 bits per heavy atom. The van der Waals surface area contributed by atoms with Crippen molar-refractivity contribution in [1.29, 1.82) is 0 Å². The van der Waals surface area contributed by atoms with E-state index in [0.717, 1.165) is 18.2 Å². The second-order valence-electron chi connectivity index (χ2n) is 7.26. The standard InChI is InChI=1S/C19H18F4N2O5/c1-17(8-26)9-30-15-12(17)6-13(18(29,19(21,22)23)7-24-16(27)28)25-14(15)10-2-4-11(20)5-3-10/h2-6,24,26,29H,7-9H2,1H3,(H,27,28)/t17-,18-/m0/s1. The number of rotatable bonds is 5. The number of amides is 1. The number of benzene rings is 1. The van der Waals surface area contributed by atoms with Crippen LogP contribution in [0.4, 0.5) is 22.4 Å². The molecule has 0 saturated heterocycles. The Labute approximate surface area is 167 Å². The smallest absolute Gasteiger partial charge is 0.424 e. The van der Waals surface area contributed by atoms with Gasteiger partial charge in [-0.05, 0) is 37.3 Å². The van der Waals surface area contributed by atoms with Crippen LogP contribution in [0.5, 0.6) is 5.75 Å². The molecule has 0 aliphatic carbocycles. The Kier molecular flexibility index (Phi) is 5.37. The molecule has 1 amide bonds. The minimum Gasteiger partial charge on any atom is -0.490 e. The zero-order valence-corrected chi connectivity index (χ0v) is 15.6. The molecular weight excluding hydrogens is 412 g/mol. The number of halogens is 4. The van der Waals surface area contributed by atoms with E-state index in [1.807, 2.05) is 0 Å². The summed E-state index contributed by atoms with van der Waals surface area (Å²) in [6, 6.07) is 5.67. The number of alkyl halides is 3. The van der Waals surface area contributed by atoms with E-state index in [4.69, 9.17) is 9.84 Å². The van der Waals surface area contributed by atoms with Crippen LogP contribution in [0, 0.1) is 5.82 Å². The minimum absolute atomic E-state index is 0.0595. The first kappa shape index (κ1) is 21.8. The van der Waals surface area contributed by atoms with Gasteiger partial charge in [-0.1, -0.05) is 0 Å². The molecule has 0 radical (unpaired) electrons. The van der Waals surface area contributed by atoms with Gasteiger partial charge in [0, 0.05) is 11.1 Å². The van der Waals surface area contributed by atoms with Gasteiger partial charge in [-0.25, -0.2) is 14.2 Å². The van der Waals surface area contributed by atoms with E-state index in [-0.39, 0.29) is 29.2 Å². The molecular formula is C19H18F4N2O5. The third-order valence-electron chi connectivity index (χ3n) is 5.01. The van der Waals surface area contributed by atoms with Crippen molar-refractivity contribution in [3.8, 4) is 17.0 Å². The summed E-state index contributed by atoms with van der Waals surface area (Å²) < 4.78 is 60.3. The van der Waals surface area contributed by atoms with Crippen molar-refractivity contribution in [3.05, 3.63) is 47.4 Å². The van der Waals surface area contributed by atoms with Crippen LogP contribution >= 0.6 is 0 Å². The van der Waals surface area contributed by atoms with Gasteiger partial charge in [-0.2, -0.15) is 13.2 Å². The fraction of sp³-hybridized carbons (Fsp3) is 0.368. The Morgan fingerprint density at radius 2 is 1.93 bits per heavy atom. The maximum Gasteiger partial charge on any atom is 0.424 e. The van der Waals surface area contributed by atoms with Crippen molar-refractivity contribution >= 4 is 6.09 Å². The number of carbonyl (C=O) groups is 1. The molecule has 11 heteroatoms. The first-order chi connectivity index (χ1) is 13.9. The number of aliphatic hydroxyl groups is 2. The Bertz CT molecular complexity index is 967. The van der Waals surface area contributed by atoms with E-state index >= 15 is 0 Å². The van der Waals surface area contributed by atoms with Crippen molar-refractivity contribution in [1.82, 2.24) is 10.3 Å². The predicted molar refractivity (Wildman–Crippen MR) is 95.5 cm³/mol. The van der Waals surface area contributed by atoms with Crippen LogP contribution in [-0.4, -0.2) is 52.3 Å². The molecule has 2 atom stereocenters. The predicted octanol–water partition coefficient (Wildman–Crippen LogP) is 2.55. The topological polar surface area (TPSA) is 112 Å². The molecule has 0 fully saturated rings. The number of nitrogens with one attached hydrogen (secondary N) is 1. The number of hydrogen-bond donors (Lipinski definition) is 4. The fourth-order valence-electron chi connectivity index (χ4n) is 3.12. The molecule has 3 rings (SSSR count). The summed E-state index contributed by atoms with van der Waals surface area (Å²) in [5.74, 6) is -0.484. The summed E-state index contributed by atoms with van der Waals surface area (Å²) in [4.78, 5) is 14.7. The summed E-state index contributed by atoms with van der Waals surface area (Å²) in [6.45, 7) is -0.378. The third kappa shape index (κ3) is 3.65. The number of aliphatic hydroxyl groups excluding tert-OH is 1. The van der Waals surface area contributed by atoms with Crippen LogP contribution in [0.15, 0.2) is 30.3 Å². The van der Waals surface area contributed by atoms with E-state index in [2.05, 4.69) is 4.98 Å². The van der Waals surface area contributed by atoms with Gasteiger partial charge in [0.05, 0.1) is 24.3 Å². The van der Waals surface area contributed by atoms with Gasteiger partial charge in [-0.15, -0.1) is 0 Å². The molecule has 2 aromatic rings. The van der Waals surface area contributed by atoms with Crippen molar-refractivity contribution in [2.75, 3.05) is 19.8 Å². The Hall–Kier alpha value is -2.92. The lowest BCUT2D eigenvalue weighted by molar-refractivity contribution is -0.265. The molecule has 30 heavy (non-hydrogen) atoms. The van der Waals surface area contributed by atoms with Crippen LogP contribution in [0.1, 0.15) is 18.2 Å². The molecule has 0 unspecified atom stereocenters. The molecule has 0 bridgehead atoms. The number of pyridine rings is 1. The lowest BCUT2D eigenvalue weighted by atomic mass is 9.83. The molecule has 1 aliphatic rings. The second kappa shape index (κ2) is 7.40. The van der Waals surface area contributed by atoms with E-state index < -0.39 is 47.9 Å². The van der Waals surface area contributed by atoms with E-state index in [9.17, 15) is 32.6 Å². The molecule has 0 saturated carbocycles. The van der Waals surface area contributed by atoms with Gasteiger partial charge < -0.3 is 25.4 Å². The van der Waals surface area contributed by atoms with Crippen molar-refractivity contribution in [3.63, 3.8) is 0 Å². The highest BCUT2D eigenvalue weighted by molar-refractivity contribution is 5.71. The SMILES string of the molecule is C[C@]1(CO)COc2c1cc([C@@](O)(CNC(=O)O)C(F)(F)F)nc2-c1ccc(F)cc1. The van der Waals surface area contributed by atoms with Crippen molar-refractivity contribution < 1.29 is 42.4 Å². The van der Waals surface area contributed by atoms with Crippen LogP contribution in [0.2, 0.25) is 0 Å². The van der Waals surface area contributed by atoms with Crippen LogP contribution in [0.3, 0.4) is 0 Å². The monoisotopic (exact) mass is 430 g/mol. The summed E-state index contributed by atoms with van der Waals surface area (Å²) in [7, 11) is 0. The van der Waals surface area contributed by atoms with Gasteiger partial charge in [-0.3, -0.25) is 0 Å². The number of carboxylic acid groups (broad SMARTS) is 1. The van der Waals surface area contributed by atoms with E-state index in [1.165, 1.54) is 17.4 Å². The summed E-state index contributed by atoms with van der Waals surface area (Å²) in [6.07, 6.45) is -7.05. The van der Waals surface area contributed by atoms with Crippen LogP contribution in [-0.2, 0) is 11.0 Å². The van der Waals surface area contributed by atoms with Crippen LogP contribution in [0.25, 0.3) is 11.3 Å². The average Bonchev–Trinajstić information content (AvgIpc) is 3.03. The van der Waals surface area contributed by atoms with Gasteiger partial charge in [0.25, 0.3) is 0 Å². The average molecular weight is 430 g/mol. The number of fused-ring (bicyclic) bond motifs is 1. The molecule has 1 aliphatic heterocycles. The first-order valence-corrected chi connectivity index (χ1v) is 8.73. The second-order valence-corrected chi connectivity index (χ2v) is 7.26. The Morgan fingerprint density at radius 3 is 2.47 bits per heavy atom. The number of nitrogens with zero attached hydrogens (tertiary/aromatic N) is 1. The summed E-state index contributed by atoms with van der Waals surface area (Å²) >= 11 is 0.